The fourth-order valence-corrected chi connectivity index (χ4v) is 4.40. The maximum absolute atomic E-state index is 13.1. The van der Waals surface area contributed by atoms with Gasteiger partial charge < -0.3 is 24.5 Å². The molecule has 4 aromatic rings. The lowest BCUT2D eigenvalue weighted by Crippen LogP contribution is -2.26. The van der Waals surface area contributed by atoms with Crippen molar-refractivity contribution in [1.29, 1.82) is 0 Å². The second-order valence-corrected chi connectivity index (χ2v) is 9.24. The van der Waals surface area contributed by atoms with Crippen molar-refractivity contribution in [3.8, 4) is 11.5 Å². The fraction of sp³-hybridized carbons (Fsp3) is 0.267. The summed E-state index contributed by atoms with van der Waals surface area (Å²) in [6.07, 6.45) is -0.927. The molecule has 2 N–H and O–H groups in total. The largest absolute Gasteiger partial charge is 0.497 e. The Bertz CT molecular complexity index is 1440. The predicted molar refractivity (Wildman–Crippen MR) is 144 cm³/mol. The Hall–Kier alpha value is -4.26. The van der Waals surface area contributed by atoms with Gasteiger partial charge in [0.1, 0.15) is 11.5 Å². The van der Waals surface area contributed by atoms with Gasteiger partial charge in [0.15, 0.2) is 6.10 Å². The first-order valence-electron chi connectivity index (χ1n) is 12.2. The van der Waals surface area contributed by atoms with E-state index >= 15 is 0 Å². The zero-order valence-corrected chi connectivity index (χ0v) is 21.7. The maximum Gasteiger partial charge on any atom is 0.344 e. The van der Waals surface area contributed by atoms with Crippen LogP contribution in [0.25, 0.3) is 10.9 Å². The minimum absolute atomic E-state index is 0.132. The van der Waals surface area contributed by atoms with E-state index in [0.29, 0.717) is 17.9 Å². The summed E-state index contributed by atoms with van der Waals surface area (Å²) in [4.78, 5) is 24.2. The molecule has 0 aliphatic rings. The monoisotopic (exact) mass is 500 g/mol. The van der Waals surface area contributed by atoms with E-state index < -0.39 is 12.1 Å². The van der Waals surface area contributed by atoms with Gasteiger partial charge in [-0.3, -0.25) is 4.79 Å². The zero-order chi connectivity index (χ0) is 26.7. The first kappa shape index (κ1) is 25.8. The van der Waals surface area contributed by atoms with Crippen LogP contribution < -0.4 is 14.8 Å². The number of hydrogen-bond donors (Lipinski definition) is 2. The number of carboxylic acid groups (broad SMARTS) is 1. The van der Waals surface area contributed by atoms with E-state index in [-0.39, 0.29) is 11.9 Å². The second kappa shape index (κ2) is 10.8. The Kier molecular flexibility index (Phi) is 7.53. The standard InChI is InChI=1S/C30H32N2O5/c1-18-20(3)32(17-22-7-6-8-26(15-22)37-21(4)30(34)35)28-14-11-24(16-27(18)28)29(33)31-19(2)23-9-12-25(36-5)13-10-23/h6-16,19,21H,17H2,1-5H3,(H,31,33)(H,34,35). The summed E-state index contributed by atoms with van der Waals surface area (Å²) in [5.74, 6) is 0.152. The Morgan fingerprint density at radius 3 is 2.38 bits per heavy atom. The van der Waals surface area contributed by atoms with Crippen LogP contribution in [0.4, 0.5) is 0 Å². The molecule has 1 amide bonds. The third-order valence-electron chi connectivity index (χ3n) is 6.76. The summed E-state index contributed by atoms with van der Waals surface area (Å²) < 4.78 is 12.9. The van der Waals surface area contributed by atoms with Gasteiger partial charge in [-0.05, 0) is 86.8 Å². The number of benzene rings is 3. The number of aromatic nitrogens is 1. The van der Waals surface area contributed by atoms with Crippen LogP contribution >= 0.6 is 0 Å². The van der Waals surface area contributed by atoms with E-state index in [0.717, 1.165) is 39.0 Å². The van der Waals surface area contributed by atoms with Crippen molar-refractivity contribution in [2.24, 2.45) is 0 Å². The lowest BCUT2D eigenvalue weighted by Gasteiger charge is -2.15. The van der Waals surface area contributed by atoms with E-state index in [2.05, 4.69) is 23.7 Å². The topological polar surface area (TPSA) is 89.8 Å². The summed E-state index contributed by atoms with van der Waals surface area (Å²) in [5.41, 5.74) is 5.83. The van der Waals surface area contributed by atoms with Crippen LogP contribution in [0, 0.1) is 13.8 Å². The molecule has 1 heterocycles. The highest BCUT2D eigenvalue weighted by molar-refractivity contribution is 5.99. The van der Waals surface area contributed by atoms with E-state index in [4.69, 9.17) is 14.6 Å². The van der Waals surface area contributed by atoms with Gasteiger partial charge in [-0.15, -0.1) is 0 Å². The molecule has 2 atom stereocenters. The van der Waals surface area contributed by atoms with Gasteiger partial charge in [0.05, 0.1) is 13.2 Å². The number of carbonyl (C=O) groups excluding carboxylic acids is 1. The highest BCUT2D eigenvalue weighted by atomic mass is 16.5. The number of hydrogen-bond acceptors (Lipinski definition) is 4. The Labute approximate surface area is 216 Å². The highest BCUT2D eigenvalue weighted by Crippen LogP contribution is 2.28. The van der Waals surface area contributed by atoms with Crippen molar-refractivity contribution in [3.63, 3.8) is 0 Å². The van der Waals surface area contributed by atoms with Crippen LogP contribution in [0.15, 0.2) is 66.7 Å². The highest BCUT2D eigenvalue weighted by Gasteiger charge is 2.17. The third kappa shape index (κ3) is 5.61. The van der Waals surface area contributed by atoms with Gasteiger partial charge in [0.2, 0.25) is 0 Å². The molecule has 7 heteroatoms. The Balaban J connectivity index is 1.55. The van der Waals surface area contributed by atoms with Gasteiger partial charge in [-0.25, -0.2) is 4.79 Å². The molecular weight excluding hydrogens is 468 g/mol. The lowest BCUT2D eigenvalue weighted by molar-refractivity contribution is -0.144. The number of aryl methyl sites for hydroxylation is 1. The molecule has 0 aliphatic carbocycles. The number of methoxy groups -OCH3 is 1. The Morgan fingerprint density at radius 1 is 0.973 bits per heavy atom. The molecule has 2 unspecified atom stereocenters. The van der Waals surface area contributed by atoms with Crippen LogP contribution in [-0.4, -0.2) is 34.8 Å². The van der Waals surface area contributed by atoms with Gasteiger partial charge in [0.25, 0.3) is 5.91 Å². The summed E-state index contributed by atoms with van der Waals surface area (Å²) in [6, 6.07) is 20.7. The van der Waals surface area contributed by atoms with Crippen LogP contribution in [0.3, 0.4) is 0 Å². The van der Waals surface area contributed by atoms with E-state index in [1.807, 2.05) is 67.6 Å². The number of carbonyl (C=O) groups is 2. The molecule has 0 bridgehead atoms. The van der Waals surface area contributed by atoms with Crippen LogP contribution in [-0.2, 0) is 11.3 Å². The molecule has 0 spiro atoms. The number of nitrogens with one attached hydrogen (secondary N) is 1. The van der Waals surface area contributed by atoms with Crippen molar-refractivity contribution < 1.29 is 24.2 Å². The smallest absolute Gasteiger partial charge is 0.344 e. The molecule has 1 aromatic heterocycles. The summed E-state index contributed by atoms with van der Waals surface area (Å²) >= 11 is 0. The molecule has 0 radical (unpaired) electrons. The Morgan fingerprint density at radius 2 is 1.70 bits per heavy atom. The number of rotatable bonds is 9. The maximum atomic E-state index is 13.1. The van der Waals surface area contributed by atoms with Crippen molar-refractivity contribution >= 4 is 22.8 Å². The molecule has 37 heavy (non-hydrogen) atoms. The SMILES string of the molecule is COc1ccc(C(C)NC(=O)c2ccc3c(c2)c(C)c(C)n3Cc2cccc(OC(C)C(=O)O)c2)cc1. The molecule has 0 fully saturated rings. The van der Waals surface area contributed by atoms with Gasteiger partial charge in [0, 0.05) is 28.7 Å². The predicted octanol–water partition coefficient (Wildman–Crippen LogP) is 5.66. The molecule has 192 valence electrons. The molecule has 0 aliphatic heterocycles. The number of amides is 1. The number of ether oxygens (including phenoxy) is 2. The van der Waals surface area contributed by atoms with E-state index in [9.17, 15) is 9.59 Å². The van der Waals surface area contributed by atoms with Crippen molar-refractivity contribution in [2.75, 3.05) is 7.11 Å². The van der Waals surface area contributed by atoms with E-state index in [1.165, 1.54) is 6.92 Å². The number of fused-ring (bicyclic) bond motifs is 1. The summed E-state index contributed by atoms with van der Waals surface area (Å²) in [5, 5.41) is 13.2. The van der Waals surface area contributed by atoms with Gasteiger partial charge >= 0.3 is 5.97 Å². The number of aliphatic carboxylic acids is 1. The van der Waals surface area contributed by atoms with Crippen LogP contribution in [0.1, 0.15) is 52.6 Å². The van der Waals surface area contributed by atoms with Crippen molar-refractivity contribution in [1.82, 2.24) is 9.88 Å². The minimum atomic E-state index is -1.01. The first-order chi connectivity index (χ1) is 17.7. The molecule has 0 saturated heterocycles. The number of carboxylic acids is 1. The summed E-state index contributed by atoms with van der Waals surface area (Å²) in [6.45, 7) is 8.18. The van der Waals surface area contributed by atoms with Gasteiger partial charge in [-0.1, -0.05) is 24.3 Å². The first-order valence-corrected chi connectivity index (χ1v) is 12.2. The van der Waals surface area contributed by atoms with Crippen molar-refractivity contribution in [3.05, 3.63) is 94.7 Å². The zero-order valence-electron chi connectivity index (χ0n) is 21.7. The second-order valence-electron chi connectivity index (χ2n) is 9.24. The fourth-order valence-electron chi connectivity index (χ4n) is 4.40. The molecule has 3 aromatic carbocycles. The van der Waals surface area contributed by atoms with Crippen LogP contribution in [0.5, 0.6) is 11.5 Å². The molecule has 7 nitrogen and oxygen atoms in total. The average Bonchev–Trinajstić information content (AvgIpc) is 3.13. The minimum Gasteiger partial charge on any atom is -0.497 e. The third-order valence-corrected chi connectivity index (χ3v) is 6.76. The quantitative estimate of drug-likeness (QED) is 0.310. The molecular formula is C30H32N2O5. The van der Waals surface area contributed by atoms with E-state index in [1.54, 1.807) is 13.2 Å². The molecule has 0 saturated carbocycles. The normalized spacial score (nSPS) is 12.7. The van der Waals surface area contributed by atoms with Gasteiger partial charge in [-0.2, -0.15) is 0 Å². The number of nitrogens with zero attached hydrogens (tertiary/aromatic N) is 1. The average molecular weight is 501 g/mol. The van der Waals surface area contributed by atoms with Crippen LogP contribution in [0.2, 0.25) is 0 Å². The summed E-state index contributed by atoms with van der Waals surface area (Å²) in [7, 11) is 1.63. The van der Waals surface area contributed by atoms with Crippen molar-refractivity contribution in [2.45, 2.75) is 46.4 Å². The molecule has 4 rings (SSSR count). The lowest BCUT2D eigenvalue weighted by atomic mass is 10.1.